The van der Waals surface area contributed by atoms with Gasteiger partial charge in [0.1, 0.15) is 0 Å². The van der Waals surface area contributed by atoms with E-state index in [9.17, 15) is 13.2 Å². The Bertz CT molecular complexity index is 608. The zero-order valence-corrected chi connectivity index (χ0v) is 12.9. The molecule has 1 fully saturated rings. The lowest BCUT2D eigenvalue weighted by atomic mass is 10.1. The highest BCUT2D eigenvalue weighted by atomic mass is 32.2. The second-order valence-corrected chi connectivity index (χ2v) is 7.74. The van der Waals surface area contributed by atoms with Gasteiger partial charge in [-0.3, -0.25) is 4.79 Å². The Labute approximate surface area is 123 Å². The van der Waals surface area contributed by atoms with Crippen molar-refractivity contribution in [2.24, 2.45) is 5.14 Å². The number of rotatable bonds is 3. The molecule has 1 aliphatic heterocycles. The van der Waals surface area contributed by atoms with Crippen molar-refractivity contribution in [3.63, 3.8) is 0 Å². The Balaban J connectivity index is 2.18. The van der Waals surface area contributed by atoms with Gasteiger partial charge in [0.15, 0.2) is 0 Å². The van der Waals surface area contributed by atoms with Crippen molar-refractivity contribution in [2.45, 2.75) is 36.3 Å². The van der Waals surface area contributed by atoms with Crippen molar-refractivity contribution in [2.75, 3.05) is 11.1 Å². The summed E-state index contributed by atoms with van der Waals surface area (Å²) in [7, 11) is -3.76. The molecule has 0 aliphatic carbocycles. The molecule has 1 aromatic carbocycles. The zero-order valence-electron chi connectivity index (χ0n) is 11.3. The number of nitrogens with two attached hydrogens (primary N) is 1. The molecular weight excluding hydrogens is 296 g/mol. The van der Waals surface area contributed by atoms with E-state index in [-0.39, 0.29) is 16.1 Å². The molecule has 1 amide bonds. The molecule has 110 valence electrons. The third-order valence-electron chi connectivity index (χ3n) is 3.27. The summed E-state index contributed by atoms with van der Waals surface area (Å²) in [5.74, 6) is 0.929. The molecule has 0 spiro atoms. The van der Waals surface area contributed by atoms with Crippen LogP contribution in [-0.4, -0.2) is 25.3 Å². The lowest BCUT2D eigenvalue weighted by Crippen LogP contribution is -2.28. The first-order valence-electron chi connectivity index (χ1n) is 6.44. The topological polar surface area (TPSA) is 89.3 Å². The van der Waals surface area contributed by atoms with Crippen molar-refractivity contribution in [3.05, 3.63) is 23.8 Å². The summed E-state index contributed by atoms with van der Waals surface area (Å²) in [6.45, 7) is 1.82. The van der Waals surface area contributed by atoms with Gasteiger partial charge < -0.3 is 5.32 Å². The number of hydrogen-bond donors (Lipinski definition) is 2. The number of sulfonamides is 1. The number of aryl methyl sites for hydroxylation is 1. The van der Waals surface area contributed by atoms with Gasteiger partial charge in [-0.25, -0.2) is 13.6 Å². The van der Waals surface area contributed by atoms with Gasteiger partial charge in [0.2, 0.25) is 15.9 Å². The Kier molecular flexibility index (Phi) is 4.72. The van der Waals surface area contributed by atoms with Crippen molar-refractivity contribution in [1.29, 1.82) is 0 Å². The van der Waals surface area contributed by atoms with Crippen LogP contribution in [0, 0.1) is 6.92 Å². The predicted octanol–water partition coefficient (Wildman–Crippen LogP) is 1.87. The maximum Gasteiger partial charge on any atom is 0.238 e. The Morgan fingerprint density at radius 1 is 1.40 bits per heavy atom. The van der Waals surface area contributed by atoms with E-state index in [0.717, 1.165) is 30.6 Å². The van der Waals surface area contributed by atoms with E-state index in [1.54, 1.807) is 17.8 Å². The van der Waals surface area contributed by atoms with Gasteiger partial charge in [0.05, 0.1) is 10.1 Å². The first-order valence-corrected chi connectivity index (χ1v) is 9.03. The molecule has 1 heterocycles. The molecule has 0 aromatic heterocycles. The van der Waals surface area contributed by atoms with Crippen LogP contribution in [0.25, 0.3) is 0 Å². The standard InChI is InChI=1S/C13H18N2O3S2/c1-9-5-6-10(20(14,17)18)8-11(9)15-13(16)12-4-2-3-7-19-12/h5-6,8,12H,2-4,7H2,1H3,(H,15,16)(H2,14,17,18). The number of primary sulfonamides is 1. The smallest absolute Gasteiger partial charge is 0.238 e. The monoisotopic (exact) mass is 314 g/mol. The Morgan fingerprint density at radius 3 is 2.75 bits per heavy atom. The van der Waals surface area contributed by atoms with Crippen LogP contribution >= 0.6 is 11.8 Å². The van der Waals surface area contributed by atoms with Crippen molar-refractivity contribution >= 4 is 33.4 Å². The highest BCUT2D eigenvalue weighted by Crippen LogP contribution is 2.27. The van der Waals surface area contributed by atoms with Crippen LogP contribution in [-0.2, 0) is 14.8 Å². The van der Waals surface area contributed by atoms with Crippen LogP contribution < -0.4 is 10.5 Å². The van der Waals surface area contributed by atoms with E-state index in [1.165, 1.54) is 12.1 Å². The highest BCUT2D eigenvalue weighted by molar-refractivity contribution is 8.00. The zero-order chi connectivity index (χ0) is 14.8. The number of carbonyl (C=O) groups is 1. The van der Waals surface area contributed by atoms with E-state index >= 15 is 0 Å². The van der Waals surface area contributed by atoms with Crippen LogP contribution in [0.2, 0.25) is 0 Å². The molecule has 20 heavy (non-hydrogen) atoms. The van der Waals surface area contributed by atoms with E-state index in [2.05, 4.69) is 5.32 Å². The number of thioether (sulfide) groups is 1. The summed E-state index contributed by atoms with van der Waals surface area (Å²) in [6.07, 6.45) is 3.07. The average molecular weight is 314 g/mol. The number of nitrogens with one attached hydrogen (secondary N) is 1. The fourth-order valence-corrected chi connectivity index (χ4v) is 3.81. The predicted molar refractivity (Wildman–Crippen MR) is 81.3 cm³/mol. The molecule has 0 radical (unpaired) electrons. The fraction of sp³-hybridized carbons (Fsp3) is 0.462. The summed E-state index contributed by atoms with van der Waals surface area (Å²) >= 11 is 1.65. The largest absolute Gasteiger partial charge is 0.325 e. The van der Waals surface area contributed by atoms with Crippen molar-refractivity contribution < 1.29 is 13.2 Å². The summed E-state index contributed by atoms with van der Waals surface area (Å²) in [5, 5.41) is 7.86. The number of amides is 1. The molecule has 2 rings (SSSR count). The van der Waals surface area contributed by atoms with Gasteiger partial charge in [-0.05, 0) is 43.2 Å². The third kappa shape index (κ3) is 3.74. The minimum atomic E-state index is -3.76. The molecule has 0 saturated carbocycles. The maximum atomic E-state index is 12.2. The van der Waals surface area contributed by atoms with Gasteiger partial charge in [-0.15, -0.1) is 11.8 Å². The van der Waals surface area contributed by atoms with Gasteiger partial charge >= 0.3 is 0 Å². The summed E-state index contributed by atoms with van der Waals surface area (Å²) in [5.41, 5.74) is 1.32. The van der Waals surface area contributed by atoms with E-state index in [0.29, 0.717) is 5.69 Å². The first kappa shape index (κ1) is 15.3. The van der Waals surface area contributed by atoms with Crippen LogP contribution in [0.3, 0.4) is 0 Å². The van der Waals surface area contributed by atoms with Gasteiger partial charge in [0, 0.05) is 5.69 Å². The molecular formula is C13H18N2O3S2. The second kappa shape index (κ2) is 6.15. The number of hydrogen-bond acceptors (Lipinski definition) is 4. The normalized spacial score (nSPS) is 19.6. The highest BCUT2D eigenvalue weighted by Gasteiger charge is 2.22. The van der Waals surface area contributed by atoms with Crippen LogP contribution in [0.4, 0.5) is 5.69 Å². The fourth-order valence-electron chi connectivity index (χ4n) is 2.07. The average Bonchev–Trinajstić information content (AvgIpc) is 2.41. The van der Waals surface area contributed by atoms with E-state index < -0.39 is 10.0 Å². The molecule has 3 N–H and O–H groups in total. The number of benzene rings is 1. The van der Waals surface area contributed by atoms with Gasteiger partial charge in [-0.2, -0.15) is 0 Å². The van der Waals surface area contributed by atoms with E-state index in [4.69, 9.17) is 5.14 Å². The molecule has 7 heteroatoms. The Hall–Kier alpha value is -1.05. The van der Waals surface area contributed by atoms with Crippen LogP contribution in [0.5, 0.6) is 0 Å². The first-order chi connectivity index (χ1) is 9.38. The number of carbonyl (C=O) groups excluding carboxylic acids is 1. The van der Waals surface area contributed by atoms with Crippen molar-refractivity contribution in [1.82, 2.24) is 0 Å². The number of anilines is 1. The van der Waals surface area contributed by atoms with Crippen LogP contribution in [0.15, 0.2) is 23.1 Å². The molecule has 1 unspecified atom stereocenters. The van der Waals surface area contributed by atoms with Gasteiger partial charge in [-0.1, -0.05) is 12.5 Å². The minimum absolute atomic E-state index is 0.00898. The lowest BCUT2D eigenvalue weighted by molar-refractivity contribution is -0.115. The molecule has 1 aliphatic rings. The molecule has 5 nitrogen and oxygen atoms in total. The van der Waals surface area contributed by atoms with Crippen molar-refractivity contribution in [3.8, 4) is 0 Å². The molecule has 1 aromatic rings. The maximum absolute atomic E-state index is 12.2. The molecule has 1 atom stereocenters. The summed E-state index contributed by atoms with van der Waals surface area (Å²) in [6, 6.07) is 4.50. The molecule has 0 bridgehead atoms. The van der Waals surface area contributed by atoms with Crippen LogP contribution in [0.1, 0.15) is 24.8 Å². The van der Waals surface area contributed by atoms with E-state index in [1.807, 2.05) is 6.92 Å². The quantitative estimate of drug-likeness (QED) is 0.891. The SMILES string of the molecule is Cc1ccc(S(N)(=O)=O)cc1NC(=O)C1CCCCS1. The Morgan fingerprint density at radius 2 is 2.15 bits per heavy atom. The van der Waals surface area contributed by atoms with Gasteiger partial charge in [0.25, 0.3) is 0 Å². The third-order valence-corrected chi connectivity index (χ3v) is 5.56. The lowest BCUT2D eigenvalue weighted by Gasteiger charge is -2.21. The summed E-state index contributed by atoms with van der Waals surface area (Å²) < 4.78 is 22.7. The second-order valence-electron chi connectivity index (χ2n) is 4.87. The minimum Gasteiger partial charge on any atom is -0.325 e. The molecule has 1 saturated heterocycles. The summed E-state index contributed by atoms with van der Waals surface area (Å²) in [4.78, 5) is 12.2.